The SMILES string of the molecule is CS(=O)(=O)c1ccc2ncnc(NCc3ccc4c(c3)CC(=O)N4)c2c1. The normalized spacial score (nSPS) is 13.5. The number of nitrogens with zero attached hydrogens (tertiary/aromatic N) is 2. The van der Waals surface area contributed by atoms with E-state index >= 15 is 0 Å². The van der Waals surface area contributed by atoms with E-state index in [1.807, 2.05) is 18.2 Å². The maximum absolute atomic E-state index is 11.8. The summed E-state index contributed by atoms with van der Waals surface area (Å²) in [5.74, 6) is 0.565. The van der Waals surface area contributed by atoms with E-state index < -0.39 is 9.84 Å². The second-order valence-corrected chi connectivity index (χ2v) is 8.26. The van der Waals surface area contributed by atoms with E-state index in [9.17, 15) is 13.2 Å². The standard InChI is InChI=1S/C18H16N4O3S/c1-26(24,25)13-3-5-16-14(8-13)18(21-10-20-16)19-9-11-2-4-15-12(6-11)7-17(23)22-15/h2-6,8,10H,7,9H2,1H3,(H,22,23)(H,19,20,21). The van der Waals surface area contributed by atoms with E-state index in [2.05, 4.69) is 20.6 Å². The average molecular weight is 368 g/mol. The molecule has 7 nitrogen and oxygen atoms in total. The largest absolute Gasteiger partial charge is 0.365 e. The molecule has 0 radical (unpaired) electrons. The van der Waals surface area contributed by atoms with Crippen molar-refractivity contribution in [3.63, 3.8) is 0 Å². The Morgan fingerprint density at radius 2 is 2.00 bits per heavy atom. The Morgan fingerprint density at radius 3 is 2.81 bits per heavy atom. The third-order valence-corrected chi connectivity index (χ3v) is 5.40. The lowest BCUT2D eigenvalue weighted by Gasteiger charge is -2.10. The third kappa shape index (κ3) is 3.11. The van der Waals surface area contributed by atoms with Crippen LogP contribution in [0.15, 0.2) is 47.6 Å². The molecule has 132 valence electrons. The monoisotopic (exact) mass is 368 g/mol. The number of benzene rings is 2. The molecular weight excluding hydrogens is 352 g/mol. The molecule has 2 aromatic carbocycles. The molecule has 1 amide bonds. The predicted molar refractivity (Wildman–Crippen MR) is 98.8 cm³/mol. The van der Waals surface area contributed by atoms with Gasteiger partial charge in [0, 0.05) is 23.9 Å². The molecule has 1 aliphatic heterocycles. The number of sulfone groups is 1. The summed E-state index contributed by atoms with van der Waals surface area (Å²) in [6.07, 6.45) is 3.00. The lowest BCUT2D eigenvalue weighted by Crippen LogP contribution is -2.04. The van der Waals surface area contributed by atoms with Crippen molar-refractivity contribution in [3.05, 3.63) is 53.9 Å². The van der Waals surface area contributed by atoms with Gasteiger partial charge in [-0.3, -0.25) is 4.79 Å². The number of anilines is 2. The van der Waals surface area contributed by atoms with Gasteiger partial charge in [-0.05, 0) is 35.4 Å². The van der Waals surface area contributed by atoms with Crippen LogP contribution >= 0.6 is 0 Å². The number of nitrogens with one attached hydrogen (secondary N) is 2. The molecule has 3 aromatic rings. The molecule has 0 aliphatic carbocycles. The van der Waals surface area contributed by atoms with Gasteiger partial charge in [0.1, 0.15) is 12.1 Å². The molecule has 26 heavy (non-hydrogen) atoms. The molecule has 0 unspecified atom stereocenters. The number of rotatable bonds is 4. The second kappa shape index (κ2) is 6.06. The van der Waals surface area contributed by atoms with Crippen LogP contribution in [0.2, 0.25) is 0 Å². The minimum atomic E-state index is -3.31. The fourth-order valence-corrected chi connectivity index (χ4v) is 3.63. The van der Waals surface area contributed by atoms with Gasteiger partial charge < -0.3 is 10.6 Å². The molecule has 4 rings (SSSR count). The Hall–Kier alpha value is -3.00. The highest BCUT2D eigenvalue weighted by molar-refractivity contribution is 7.90. The lowest BCUT2D eigenvalue weighted by atomic mass is 10.1. The van der Waals surface area contributed by atoms with Gasteiger partial charge in [-0.1, -0.05) is 12.1 Å². The highest BCUT2D eigenvalue weighted by Gasteiger charge is 2.17. The summed E-state index contributed by atoms with van der Waals surface area (Å²) >= 11 is 0. The quantitative estimate of drug-likeness (QED) is 0.732. The van der Waals surface area contributed by atoms with E-state index in [4.69, 9.17) is 0 Å². The fourth-order valence-electron chi connectivity index (χ4n) is 2.99. The van der Waals surface area contributed by atoms with Crippen molar-refractivity contribution in [2.75, 3.05) is 16.9 Å². The molecular formula is C18H16N4O3S. The van der Waals surface area contributed by atoms with Crippen LogP contribution in [0.4, 0.5) is 11.5 Å². The van der Waals surface area contributed by atoms with Crippen molar-refractivity contribution in [3.8, 4) is 0 Å². The number of hydrogen-bond donors (Lipinski definition) is 2. The van der Waals surface area contributed by atoms with Crippen LogP contribution in [0, 0.1) is 0 Å². The molecule has 0 fully saturated rings. The maximum atomic E-state index is 11.8. The molecule has 2 heterocycles. The number of aromatic nitrogens is 2. The summed E-state index contributed by atoms with van der Waals surface area (Å²) in [6.45, 7) is 0.497. The van der Waals surface area contributed by atoms with Crippen LogP contribution in [0.1, 0.15) is 11.1 Å². The van der Waals surface area contributed by atoms with E-state index in [-0.39, 0.29) is 10.8 Å². The van der Waals surface area contributed by atoms with Crippen molar-refractivity contribution >= 4 is 38.2 Å². The minimum absolute atomic E-state index is 0.000193. The molecule has 0 saturated carbocycles. The van der Waals surface area contributed by atoms with Gasteiger partial charge in [-0.2, -0.15) is 0 Å². The Balaban J connectivity index is 1.63. The van der Waals surface area contributed by atoms with Crippen LogP contribution in [-0.2, 0) is 27.6 Å². The van der Waals surface area contributed by atoms with Crippen LogP contribution in [0.5, 0.6) is 0 Å². The molecule has 0 bridgehead atoms. The number of fused-ring (bicyclic) bond motifs is 2. The first-order valence-corrected chi connectivity index (χ1v) is 9.90. The van der Waals surface area contributed by atoms with E-state index in [1.165, 1.54) is 12.6 Å². The number of hydrogen-bond acceptors (Lipinski definition) is 6. The van der Waals surface area contributed by atoms with Crippen LogP contribution in [-0.4, -0.2) is 30.5 Å². The van der Waals surface area contributed by atoms with Crippen molar-refractivity contribution in [1.29, 1.82) is 0 Å². The van der Waals surface area contributed by atoms with Crippen LogP contribution in [0.3, 0.4) is 0 Å². The smallest absolute Gasteiger partial charge is 0.228 e. The van der Waals surface area contributed by atoms with E-state index in [1.54, 1.807) is 18.2 Å². The Bertz CT molecular complexity index is 1140. The van der Waals surface area contributed by atoms with E-state index in [0.29, 0.717) is 29.7 Å². The van der Waals surface area contributed by atoms with Crippen LogP contribution in [0.25, 0.3) is 10.9 Å². The highest BCUT2D eigenvalue weighted by atomic mass is 32.2. The first-order valence-electron chi connectivity index (χ1n) is 8.00. The molecule has 0 saturated heterocycles. The summed E-state index contributed by atoms with van der Waals surface area (Å²) < 4.78 is 23.6. The van der Waals surface area contributed by atoms with Gasteiger partial charge in [-0.15, -0.1) is 0 Å². The molecule has 0 atom stereocenters. The zero-order valence-corrected chi connectivity index (χ0v) is 14.8. The topological polar surface area (TPSA) is 101 Å². The van der Waals surface area contributed by atoms with Crippen molar-refractivity contribution in [2.45, 2.75) is 17.9 Å². The van der Waals surface area contributed by atoms with Gasteiger partial charge in [0.2, 0.25) is 5.91 Å². The first-order chi connectivity index (χ1) is 12.4. The molecule has 2 N–H and O–H groups in total. The molecule has 1 aromatic heterocycles. The number of amides is 1. The summed E-state index contributed by atoms with van der Waals surface area (Å²) in [5, 5.41) is 6.69. The number of carbonyl (C=O) groups is 1. The maximum Gasteiger partial charge on any atom is 0.228 e. The third-order valence-electron chi connectivity index (χ3n) is 4.29. The van der Waals surface area contributed by atoms with Gasteiger partial charge in [-0.25, -0.2) is 18.4 Å². The molecule has 8 heteroatoms. The van der Waals surface area contributed by atoms with Gasteiger partial charge in [0.05, 0.1) is 16.8 Å². The highest BCUT2D eigenvalue weighted by Crippen LogP contribution is 2.26. The second-order valence-electron chi connectivity index (χ2n) is 6.24. The first kappa shape index (κ1) is 16.5. The Kier molecular flexibility index (Phi) is 3.84. The molecule has 1 aliphatic rings. The zero-order valence-electron chi connectivity index (χ0n) is 14.0. The Labute approximate surface area is 150 Å². The zero-order chi connectivity index (χ0) is 18.3. The summed E-state index contributed by atoms with van der Waals surface area (Å²) in [4.78, 5) is 20.1. The minimum Gasteiger partial charge on any atom is -0.365 e. The summed E-state index contributed by atoms with van der Waals surface area (Å²) in [7, 11) is -3.31. The summed E-state index contributed by atoms with van der Waals surface area (Å²) in [5.41, 5.74) is 3.50. The summed E-state index contributed by atoms with van der Waals surface area (Å²) in [6, 6.07) is 10.6. The van der Waals surface area contributed by atoms with Crippen LogP contribution < -0.4 is 10.6 Å². The predicted octanol–water partition coefficient (Wildman–Crippen LogP) is 2.14. The van der Waals surface area contributed by atoms with Gasteiger partial charge in [0.25, 0.3) is 0 Å². The van der Waals surface area contributed by atoms with Gasteiger partial charge >= 0.3 is 0 Å². The van der Waals surface area contributed by atoms with Crippen molar-refractivity contribution in [1.82, 2.24) is 9.97 Å². The van der Waals surface area contributed by atoms with Crippen molar-refractivity contribution < 1.29 is 13.2 Å². The Morgan fingerprint density at radius 1 is 1.15 bits per heavy atom. The van der Waals surface area contributed by atoms with Crippen molar-refractivity contribution in [2.24, 2.45) is 0 Å². The fraction of sp³-hybridized carbons (Fsp3) is 0.167. The van der Waals surface area contributed by atoms with Gasteiger partial charge in [0.15, 0.2) is 9.84 Å². The van der Waals surface area contributed by atoms with E-state index in [0.717, 1.165) is 16.8 Å². The molecule has 0 spiro atoms. The number of carbonyl (C=O) groups excluding carboxylic acids is 1. The average Bonchev–Trinajstić information content (AvgIpc) is 2.98. The lowest BCUT2D eigenvalue weighted by molar-refractivity contribution is -0.115.